The average molecular weight is 286 g/mol. The molecule has 0 saturated heterocycles. The monoisotopic (exact) mass is 286 g/mol. The van der Waals surface area contributed by atoms with Crippen molar-refractivity contribution in [1.29, 1.82) is 0 Å². The minimum atomic E-state index is -3.55. The highest BCUT2D eigenvalue weighted by Crippen LogP contribution is 2.26. The molecule has 0 radical (unpaired) electrons. The summed E-state index contributed by atoms with van der Waals surface area (Å²) < 4.78 is 27.2. The van der Waals surface area contributed by atoms with E-state index in [0.717, 1.165) is 25.7 Å². The molecule has 0 spiro atoms. The number of hydrogen-bond acceptors (Lipinski definition) is 4. The van der Waals surface area contributed by atoms with Crippen LogP contribution in [0, 0.1) is 12.8 Å². The van der Waals surface area contributed by atoms with Crippen LogP contribution in [0.1, 0.15) is 37.9 Å². The fourth-order valence-electron chi connectivity index (χ4n) is 2.67. The van der Waals surface area contributed by atoms with Crippen LogP contribution in [-0.2, 0) is 10.0 Å². The van der Waals surface area contributed by atoms with Gasteiger partial charge in [-0.1, -0.05) is 19.3 Å². The molecule has 0 amide bonds. The predicted octanol–water partition coefficient (Wildman–Crippen LogP) is 0.904. The van der Waals surface area contributed by atoms with Crippen molar-refractivity contribution in [1.82, 2.24) is 14.7 Å². The van der Waals surface area contributed by atoms with Crippen LogP contribution < -0.4 is 10.5 Å². The third-order valence-electron chi connectivity index (χ3n) is 3.75. The van der Waals surface area contributed by atoms with Crippen LogP contribution in [0.15, 0.2) is 11.2 Å². The number of imidazole rings is 1. The lowest BCUT2D eigenvalue weighted by molar-refractivity contribution is 0.294. The highest BCUT2D eigenvalue weighted by molar-refractivity contribution is 7.89. The smallest absolute Gasteiger partial charge is 0.257 e. The molecule has 1 heterocycles. The van der Waals surface area contributed by atoms with Gasteiger partial charge in [-0.3, -0.25) is 0 Å². The number of nitrogens with zero attached hydrogens (tertiary/aromatic N) is 1. The molecule has 1 aliphatic rings. The molecule has 2 rings (SSSR count). The van der Waals surface area contributed by atoms with E-state index in [0.29, 0.717) is 18.3 Å². The minimum absolute atomic E-state index is 0.110. The van der Waals surface area contributed by atoms with Gasteiger partial charge < -0.3 is 10.7 Å². The summed E-state index contributed by atoms with van der Waals surface area (Å²) in [5.41, 5.74) is 5.74. The van der Waals surface area contributed by atoms with Crippen molar-refractivity contribution >= 4 is 10.0 Å². The summed E-state index contributed by atoms with van der Waals surface area (Å²) in [6, 6.07) is -0.186. The fourth-order valence-corrected chi connectivity index (χ4v) is 3.96. The standard InChI is InChI=1S/C12H22N4O2S/c1-9-14-8-12(15-9)19(17,18)16-11(7-13)10-5-3-2-4-6-10/h8,10-11,16H,2-7,13H2,1H3,(H,14,15). The maximum atomic E-state index is 12.2. The lowest BCUT2D eigenvalue weighted by Crippen LogP contribution is -2.45. The molecule has 0 aromatic carbocycles. The van der Waals surface area contributed by atoms with Crippen molar-refractivity contribution in [3.63, 3.8) is 0 Å². The van der Waals surface area contributed by atoms with Crippen molar-refractivity contribution in [2.75, 3.05) is 6.54 Å². The van der Waals surface area contributed by atoms with E-state index < -0.39 is 10.0 Å². The molecule has 1 atom stereocenters. The third kappa shape index (κ3) is 3.55. The molecule has 1 aliphatic carbocycles. The molecule has 0 aliphatic heterocycles. The van der Waals surface area contributed by atoms with Crippen LogP contribution in [0.3, 0.4) is 0 Å². The summed E-state index contributed by atoms with van der Waals surface area (Å²) >= 11 is 0. The first-order valence-corrected chi connectivity index (χ1v) is 8.25. The normalized spacial score (nSPS) is 19.5. The Hall–Kier alpha value is -0.920. The number of aromatic amines is 1. The van der Waals surface area contributed by atoms with Gasteiger partial charge in [0.25, 0.3) is 10.0 Å². The Balaban J connectivity index is 2.08. The second-order valence-electron chi connectivity index (χ2n) is 5.19. The van der Waals surface area contributed by atoms with Gasteiger partial charge in [-0.25, -0.2) is 18.1 Å². The first-order valence-electron chi connectivity index (χ1n) is 6.77. The van der Waals surface area contributed by atoms with E-state index in [1.54, 1.807) is 6.92 Å². The maximum absolute atomic E-state index is 12.2. The van der Waals surface area contributed by atoms with E-state index >= 15 is 0 Å². The lowest BCUT2D eigenvalue weighted by Gasteiger charge is -2.29. The van der Waals surface area contributed by atoms with Gasteiger partial charge >= 0.3 is 0 Å². The zero-order chi connectivity index (χ0) is 13.9. The van der Waals surface area contributed by atoms with Crippen molar-refractivity contribution < 1.29 is 8.42 Å². The van der Waals surface area contributed by atoms with E-state index in [4.69, 9.17) is 5.73 Å². The average Bonchev–Trinajstić information content (AvgIpc) is 2.85. The van der Waals surface area contributed by atoms with Crippen LogP contribution in [0.5, 0.6) is 0 Å². The van der Waals surface area contributed by atoms with E-state index in [1.165, 1.54) is 12.6 Å². The third-order valence-corrected chi connectivity index (χ3v) is 5.15. The molecule has 1 aromatic heterocycles. The number of rotatable bonds is 5. The first-order chi connectivity index (χ1) is 9.03. The van der Waals surface area contributed by atoms with Gasteiger partial charge in [0.15, 0.2) is 5.03 Å². The zero-order valence-electron chi connectivity index (χ0n) is 11.2. The summed E-state index contributed by atoms with van der Waals surface area (Å²) in [5.74, 6) is 0.930. The van der Waals surface area contributed by atoms with Crippen LogP contribution in [0.25, 0.3) is 0 Å². The summed E-state index contributed by atoms with van der Waals surface area (Å²) in [7, 11) is -3.55. The van der Waals surface area contributed by atoms with Crippen LogP contribution >= 0.6 is 0 Å². The number of nitrogens with two attached hydrogens (primary N) is 1. The summed E-state index contributed by atoms with van der Waals surface area (Å²) in [5, 5.41) is 0.110. The summed E-state index contributed by atoms with van der Waals surface area (Å²) in [6.07, 6.45) is 6.99. The van der Waals surface area contributed by atoms with Gasteiger partial charge in [-0.05, 0) is 25.7 Å². The van der Waals surface area contributed by atoms with Crippen molar-refractivity contribution in [2.24, 2.45) is 11.7 Å². The Morgan fingerprint density at radius 1 is 1.47 bits per heavy atom. The molecule has 1 aromatic rings. The van der Waals surface area contributed by atoms with Gasteiger partial charge in [0.1, 0.15) is 5.82 Å². The number of hydrogen-bond donors (Lipinski definition) is 3. The van der Waals surface area contributed by atoms with Gasteiger partial charge in [-0.15, -0.1) is 0 Å². The fraction of sp³-hybridized carbons (Fsp3) is 0.750. The number of sulfonamides is 1. The highest BCUT2D eigenvalue weighted by atomic mass is 32.2. The van der Waals surface area contributed by atoms with Gasteiger partial charge in [0.2, 0.25) is 0 Å². The summed E-state index contributed by atoms with van der Waals surface area (Å²) in [4.78, 5) is 6.67. The maximum Gasteiger partial charge on any atom is 0.257 e. The molecule has 1 unspecified atom stereocenters. The van der Waals surface area contributed by atoms with Gasteiger partial charge in [0, 0.05) is 12.6 Å². The molecular weight excluding hydrogens is 264 g/mol. The van der Waals surface area contributed by atoms with Crippen LogP contribution in [-0.4, -0.2) is 31.0 Å². The van der Waals surface area contributed by atoms with Crippen LogP contribution in [0.2, 0.25) is 0 Å². The van der Waals surface area contributed by atoms with E-state index in [-0.39, 0.29) is 11.1 Å². The van der Waals surface area contributed by atoms with Gasteiger partial charge in [0.05, 0.1) is 6.20 Å². The Morgan fingerprint density at radius 2 is 2.16 bits per heavy atom. The second-order valence-corrected chi connectivity index (χ2v) is 6.88. The number of aromatic nitrogens is 2. The molecule has 1 saturated carbocycles. The zero-order valence-corrected chi connectivity index (χ0v) is 12.0. The summed E-state index contributed by atoms with van der Waals surface area (Å²) in [6.45, 7) is 2.05. The second kappa shape index (κ2) is 6.02. The van der Waals surface area contributed by atoms with E-state index in [2.05, 4.69) is 14.7 Å². The largest absolute Gasteiger partial charge is 0.332 e. The molecule has 1 fully saturated rings. The van der Waals surface area contributed by atoms with Crippen molar-refractivity contribution in [3.05, 3.63) is 12.0 Å². The molecule has 7 heteroatoms. The number of nitrogens with one attached hydrogen (secondary N) is 2. The SMILES string of the molecule is Cc1ncc(S(=O)(=O)NC(CN)C2CCCCC2)[nH]1. The van der Waals surface area contributed by atoms with E-state index in [1.807, 2.05) is 0 Å². The first kappa shape index (κ1) is 14.5. The molecule has 108 valence electrons. The van der Waals surface area contributed by atoms with Crippen LogP contribution in [0.4, 0.5) is 0 Å². The molecule has 4 N–H and O–H groups in total. The quantitative estimate of drug-likeness (QED) is 0.748. The number of aryl methyl sites for hydroxylation is 1. The van der Waals surface area contributed by atoms with E-state index in [9.17, 15) is 8.42 Å². The Bertz CT molecular complexity index is 506. The Morgan fingerprint density at radius 3 is 2.68 bits per heavy atom. The predicted molar refractivity (Wildman–Crippen MR) is 73.1 cm³/mol. The van der Waals surface area contributed by atoms with Crippen molar-refractivity contribution in [2.45, 2.75) is 50.1 Å². The lowest BCUT2D eigenvalue weighted by atomic mass is 9.84. The molecule has 19 heavy (non-hydrogen) atoms. The Kier molecular flexibility index (Phi) is 4.59. The highest BCUT2D eigenvalue weighted by Gasteiger charge is 2.28. The molecule has 6 nitrogen and oxygen atoms in total. The number of H-pyrrole nitrogens is 1. The topological polar surface area (TPSA) is 101 Å². The van der Waals surface area contributed by atoms with Gasteiger partial charge in [-0.2, -0.15) is 0 Å². The Labute approximate surface area is 114 Å². The minimum Gasteiger partial charge on any atom is -0.332 e. The molecular formula is C12H22N4O2S. The molecule has 0 bridgehead atoms. The van der Waals surface area contributed by atoms with Crippen molar-refractivity contribution in [3.8, 4) is 0 Å².